The molecule has 0 aliphatic heterocycles. The maximum absolute atomic E-state index is 6.08. The number of rotatable bonds is 7. The van der Waals surface area contributed by atoms with E-state index in [2.05, 4.69) is 25.2 Å². The van der Waals surface area contributed by atoms with Gasteiger partial charge in [0, 0.05) is 10.9 Å². The van der Waals surface area contributed by atoms with Gasteiger partial charge in [-0.05, 0) is 56.2 Å². The molecule has 0 bridgehead atoms. The van der Waals surface area contributed by atoms with E-state index in [9.17, 15) is 0 Å². The Labute approximate surface area is 133 Å². The Balaban J connectivity index is 1.98. The summed E-state index contributed by atoms with van der Waals surface area (Å²) < 4.78 is 0.921. The molecule has 0 amide bonds. The molecule has 1 heterocycles. The minimum atomic E-state index is 0.638. The van der Waals surface area contributed by atoms with E-state index in [4.69, 9.17) is 11.6 Å². The maximum Gasteiger partial charge on any atom is 0.0931 e. The lowest BCUT2D eigenvalue weighted by molar-refractivity contribution is 0.208. The van der Waals surface area contributed by atoms with Crippen molar-refractivity contribution in [3.05, 3.63) is 21.3 Å². The zero-order chi connectivity index (χ0) is 14.4. The van der Waals surface area contributed by atoms with Gasteiger partial charge >= 0.3 is 0 Å². The topological polar surface area (TPSA) is 12.0 Å². The predicted octanol–water partition coefficient (Wildman–Crippen LogP) is 5.53. The van der Waals surface area contributed by atoms with Gasteiger partial charge < -0.3 is 5.32 Å². The van der Waals surface area contributed by atoms with Crippen LogP contribution < -0.4 is 5.32 Å². The highest BCUT2D eigenvalue weighted by molar-refractivity contribution is 7.16. The van der Waals surface area contributed by atoms with Crippen molar-refractivity contribution in [1.82, 2.24) is 5.32 Å². The van der Waals surface area contributed by atoms with Gasteiger partial charge in [0.15, 0.2) is 0 Å². The van der Waals surface area contributed by atoms with Gasteiger partial charge in [-0.25, -0.2) is 0 Å². The molecule has 1 fully saturated rings. The highest BCUT2D eigenvalue weighted by Gasteiger charge is 2.27. The monoisotopic (exact) mass is 313 g/mol. The van der Waals surface area contributed by atoms with E-state index in [1.807, 2.05) is 6.07 Å². The molecule has 1 nitrogen and oxygen atoms in total. The van der Waals surface area contributed by atoms with Crippen LogP contribution in [0, 0.1) is 11.8 Å². The fourth-order valence-electron chi connectivity index (χ4n) is 3.48. The van der Waals surface area contributed by atoms with Crippen LogP contribution in [-0.2, 0) is 6.42 Å². The molecule has 20 heavy (non-hydrogen) atoms. The molecule has 0 radical (unpaired) electrons. The predicted molar refractivity (Wildman–Crippen MR) is 90.9 cm³/mol. The van der Waals surface area contributed by atoms with Crippen molar-refractivity contribution in [2.24, 2.45) is 11.8 Å². The molecule has 0 spiro atoms. The summed E-state index contributed by atoms with van der Waals surface area (Å²) in [5.41, 5.74) is 0. The van der Waals surface area contributed by atoms with Crippen LogP contribution >= 0.6 is 22.9 Å². The summed E-state index contributed by atoms with van der Waals surface area (Å²) in [4.78, 5) is 1.43. The highest BCUT2D eigenvalue weighted by Crippen LogP contribution is 2.34. The van der Waals surface area contributed by atoms with Crippen LogP contribution in [0.1, 0.15) is 57.2 Å². The van der Waals surface area contributed by atoms with Crippen LogP contribution in [0.2, 0.25) is 4.34 Å². The van der Waals surface area contributed by atoms with Crippen molar-refractivity contribution in [3.8, 4) is 0 Å². The molecule has 3 atom stereocenters. The first-order chi connectivity index (χ1) is 9.72. The summed E-state index contributed by atoms with van der Waals surface area (Å²) in [6.07, 6.45) is 9.39. The molecule has 1 aliphatic carbocycles. The normalized spacial score (nSPS) is 24.8. The third-order valence-corrected chi connectivity index (χ3v) is 5.93. The number of halogens is 1. The lowest BCUT2D eigenvalue weighted by Crippen LogP contribution is -2.40. The minimum absolute atomic E-state index is 0.638. The van der Waals surface area contributed by atoms with E-state index in [0.717, 1.165) is 29.1 Å². The second-order valence-electron chi connectivity index (χ2n) is 6.17. The first-order valence-electron chi connectivity index (χ1n) is 8.20. The fraction of sp³-hybridized carbons (Fsp3) is 0.765. The third kappa shape index (κ3) is 4.75. The molecule has 3 unspecified atom stereocenters. The van der Waals surface area contributed by atoms with Crippen molar-refractivity contribution in [2.45, 2.75) is 64.8 Å². The van der Waals surface area contributed by atoms with Crippen LogP contribution in [0.15, 0.2) is 12.1 Å². The summed E-state index contributed by atoms with van der Waals surface area (Å²) in [6.45, 7) is 5.74. The molecule has 1 aromatic rings. The molecule has 2 rings (SSSR count). The molecule has 1 N–H and O–H groups in total. The quantitative estimate of drug-likeness (QED) is 0.698. The first-order valence-corrected chi connectivity index (χ1v) is 9.40. The lowest BCUT2D eigenvalue weighted by Gasteiger charge is -2.35. The van der Waals surface area contributed by atoms with E-state index in [-0.39, 0.29) is 0 Å². The lowest BCUT2D eigenvalue weighted by atomic mass is 9.76. The molecule has 114 valence electrons. The number of hydrogen-bond acceptors (Lipinski definition) is 2. The van der Waals surface area contributed by atoms with E-state index >= 15 is 0 Å². The molecule has 0 saturated heterocycles. The average Bonchev–Trinajstić information content (AvgIpc) is 2.88. The standard InChI is InChI=1S/C17H28ClNS/c1-3-10-19-16(12-15-8-9-17(18)20-15)14-7-5-6-13(4-2)11-14/h8-9,13-14,16,19H,3-7,10-12H2,1-2H3. The Bertz CT molecular complexity index is 390. The first kappa shape index (κ1) is 16.3. The summed E-state index contributed by atoms with van der Waals surface area (Å²) in [5.74, 6) is 1.80. The van der Waals surface area contributed by atoms with Crippen LogP contribution in [0.3, 0.4) is 0 Å². The average molecular weight is 314 g/mol. The van der Waals surface area contributed by atoms with Crippen molar-refractivity contribution in [3.63, 3.8) is 0 Å². The van der Waals surface area contributed by atoms with Crippen molar-refractivity contribution >= 4 is 22.9 Å². The zero-order valence-corrected chi connectivity index (χ0v) is 14.4. The van der Waals surface area contributed by atoms with E-state index in [1.165, 1.54) is 43.4 Å². The Morgan fingerprint density at radius 1 is 1.35 bits per heavy atom. The summed E-state index contributed by atoms with van der Waals surface area (Å²) >= 11 is 7.82. The fourth-order valence-corrected chi connectivity index (χ4v) is 4.63. The van der Waals surface area contributed by atoms with Crippen LogP contribution in [0.4, 0.5) is 0 Å². The summed E-state index contributed by atoms with van der Waals surface area (Å²) in [6, 6.07) is 4.88. The second kappa shape index (κ2) is 8.41. The van der Waals surface area contributed by atoms with Crippen LogP contribution in [-0.4, -0.2) is 12.6 Å². The third-order valence-electron chi connectivity index (χ3n) is 4.68. The molecular formula is C17H28ClNS. The molecule has 1 saturated carbocycles. The van der Waals surface area contributed by atoms with Gasteiger partial charge in [-0.1, -0.05) is 44.7 Å². The Morgan fingerprint density at radius 3 is 2.85 bits per heavy atom. The van der Waals surface area contributed by atoms with Crippen LogP contribution in [0.25, 0.3) is 0 Å². The van der Waals surface area contributed by atoms with Crippen molar-refractivity contribution < 1.29 is 0 Å². The van der Waals surface area contributed by atoms with Gasteiger partial charge in [0.1, 0.15) is 0 Å². The Kier molecular flexibility index (Phi) is 6.86. The SMILES string of the molecule is CCCNC(Cc1ccc(Cl)s1)C1CCCC(CC)C1. The zero-order valence-electron chi connectivity index (χ0n) is 12.8. The number of nitrogens with one attached hydrogen (secondary N) is 1. The smallest absolute Gasteiger partial charge is 0.0931 e. The molecule has 0 aromatic carbocycles. The van der Waals surface area contributed by atoms with Crippen molar-refractivity contribution in [1.29, 1.82) is 0 Å². The second-order valence-corrected chi connectivity index (χ2v) is 7.97. The molecule has 1 aliphatic rings. The van der Waals surface area contributed by atoms with Gasteiger partial charge in [-0.2, -0.15) is 0 Å². The summed E-state index contributed by atoms with van der Waals surface area (Å²) in [5, 5.41) is 3.81. The van der Waals surface area contributed by atoms with E-state index in [0.29, 0.717) is 6.04 Å². The van der Waals surface area contributed by atoms with Crippen molar-refractivity contribution in [2.75, 3.05) is 6.54 Å². The van der Waals surface area contributed by atoms with Crippen LogP contribution in [0.5, 0.6) is 0 Å². The summed E-state index contributed by atoms with van der Waals surface area (Å²) in [7, 11) is 0. The Hall–Kier alpha value is -0.0500. The van der Waals surface area contributed by atoms with E-state index in [1.54, 1.807) is 11.3 Å². The molecular weight excluding hydrogens is 286 g/mol. The van der Waals surface area contributed by atoms with Gasteiger partial charge in [-0.3, -0.25) is 0 Å². The number of thiophene rings is 1. The maximum atomic E-state index is 6.08. The minimum Gasteiger partial charge on any atom is -0.313 e. The van der Waals surface area contributed by atoms with Gasteiger partial charge in [0.05, 0.1) is 4.34 Å². The number of hydrogen-bond donors (Lipinski definition) is 1. The Morgan fingerprint density at radius 2 is 2.20 bits per heavy atom. The molecule has 1 aromatic heterocycles. The van der Waals surface area contributed by atoms with Gasteiger partial charge in [-0.15, -0.1) is 11.3 Å². The highest BCUT2D eigenvalue weighted by atomic mass is 35.5. The van der Waals surface area contributed by atoms with Gasteiger partial charge in [0.25, 0.3) is 0 Å². The largest absolute Gasteiger partial charge is 0.313 e. The molecule has 3 heteroatoms. The van der Waals surface area contributed by atoms with Gasteiger partial charge in [0.2, 0.25) is 0 Å². The van der Waals surface area contributed by atoms with E-state index < -0.39 is 0 Å².